The standard InChI is InChI=1S/C16H27NO.ClH/c1-3-5-12-18-13-6-11-17-14-16-9-7-15(4-2)8-10-16;/h7-10,17H,3-6,11-14H2,1-2H3;1H. The molecule has 1 N–H and O–H groups in total. The molecule has 1 rings (SSSR count). The second-order valence-corrected chi connectivity index (χ2v) is 4.67. The zero-order chi connectivity index (χ0) is 13.1. The smallest absolute Gasteiger partial charge is 0.0478 e. The first-order valence-corrected chi connectivity index (χ1v) is 7.23. The molecule has 0 aliphatic carbocycles. The Hall–Kier alpha value is -0.570. The molecule has 0 atom stereocenters. The van der Waals surface area contributed by atoms with Crippen LogP contribution in [-0.4, -0.2) is 19.8 Å². The summed E-state index contributed by atoms with van der Waals surface area (Å²) in [5.74, 6) is 0. The number of aryl methyl sites for hydroxylation is 1. The summed E-state index contributed by atoms with van der Waals surface area (Å²) in [5, 5.41) is 3.45. The highest BCUT2D eigenvalue weighted by molar-refractivity contribution is 5.85. The Labute approximate surface area is 124 Å². The number of hydrogen-bond acceptors (Lipinski definition) is 2. The largest absolute Gasteiger partial charge is 0.381 e. The molecule has 0 radical (unpaired) electrons. The highest BCUT2D eigenvalue weighted by Crippen LogP contribution is 2.04. The maximum Gasteiger partial charge on any atom is 0.0478 e. The van der Waals surface area contributed by atoms with Gasteiger partial charge in [0.25, 0.3) is 0 Å². The molecule has 0 saturated carbocycles. The molecular weight excluding hydrogens is 258 g/mol. The molecule has 2 nitrogen and oxygen atoms in total. The van der Waals surface area contributed by atoms with Crippen LogP contribution in [0, 0.1) is 0 Å². The molecule has 1 aromatic carbocycles. The van der Waals surface area contributed by atoms with E-state index in [0.717, 1.165) is 39.1 Å². The monoisotopic (exact) mass is 285 g/mol. The van der Waals surface area contributed by atoms with E-state index in [-0.39, 0.29) is 12.4 Å². The summed E-state index contributed by atoms with van der Waals surface area (Å²) in [6.45, 7) is 8.15. The van der Waals surface area contributed by atoms with Gasteiger partial charge < -0.3 is 10.1 Å². The van der Waals surface area contributed by atoms with Crippen LogP contribution in [0.5, 0.6) is 0 Å². The lowest BCUT2D eigenvalue weighted by Crippen LogP contribution is -2.16. The van der Waals surface area contributed by atoms with Gasteiger partial charge in [0, 0.05) is 19.8 Å². The Balaban J connectivity index is 0.00000324. The summed E-state index contributed by atoms with van der Waals surface area (Å²) in [6, 6.07) is 8.85. The van der Waals surface area contributed by atoms with Crippen molar-refractivity contribution >= 4 is 12.4 Å². The summed E-state index contributed by atoms with van der Waals surface area (Å²) in [7, 11) is 0. The Morgan fingerprint density at radius 1 is 0.947 bits per heavy atom. The van der Waals surface area contributed by atoms with Crippen LogP contribution in [-0.2, 0) is 17.7 Å². The minimum absolute atomic E-state index is 0. The second kappa shape index (κ2) is 12.5. The minimum Gasteiger partial charge on any atom is -0.381 e. The first-order chi connectivity index (χ1) is 8.86. The van der Waals surface area contributed by atoms with Gasteiger partial charge in [-0.25, -0.2) is 0 Å². The van der Waals surface area contributed by atoms with E-state index in [1.807, 2.05) is 0 Å². The van der Waals surface area contributed by atoms with Crippen LogP contribution in [0.4, 0.5) is 0 Å². The molecule has 3 heteroatoms. The summed E-state index contributed by atoms with van der Waals surface area (Å²) in [4.78, 5) is 0. The van der Waals surface area contributed by atoms with Gasteiger partial charge in [0.1, 0.15) is 0 Å². The zero-order valence-corrected chi connectivity index (χ0v) is 13.1. The van der Waals surface area contributed by atoms with Crippen LogP contribution >= 0.6 is 12.4 Å². The summed E-state index contributed by atoms with van der Waals surface area (Å²) < 4.78 is 5.52. The lowest BCUT2D eigenvalue weighted by molar-refractivity contribution is 0.129. The third-order valence-electron chi connectivity index (χ3n) is 3.04. The van der Waals surface area contributed by atoms with Crippen molar-refractivity contribution in [2.24, 2.45) is 0 Å². The van der Waals surface area contributed by atoms with E-state index >= 15 is 0 Å². The molecule has 0 heterocycles. The van der Waals surface area contributed by atoms with E-state index in [4.69, 9.17) is 4.74 Å². The van der Waals surface area contributed by atoms with Crippen LogP contribution in [0.3, 0.4) is 0 Å². The van der Waals surface area contributed by atoms with E-state index in [9.17, 15) is 0 Å². The second-order valence-electron chi connectivity index (χ2n) is 4.67. The maximum absolute atomic E-state index is 5.52. The number of unbranched alkanes of at least 4 members (excludes halogenated alkanes) is 1. The highest BCUT2D eigenvalue weighted by Gasteiger charge is 1.94. The first-order valence-electron chi connectivity index (χ1n) is 7.23. The quantitative estimate of drug-likeness (QED) is 0.657. The predicted octanol–water partition coefficient (Wildman–Crippen LogP) is 3.97. The molecule has 0 aliphatic rings. The third kappa shape index (κ3) is 9.04. The fourth-order valence-electron chi connectivity index (χ4n) is 1.77. The molecular formula is C16H28ClNO. The average Bonchev–Trinajstić information content (AvgIpc) is 2.42. The van der Waals surface area contributed by atoms with E-state index in [2.05, 4.69) is 43.4 Å². The topological polar surface area (TPSA) is 21.3 Å². The van der Waals surface area contributed by atoms with Gasteiger partial charge in [-0.05, 0) is 36.9 Å². The first kappa shape index (κ1) is 18.4. The van der Waals surface area contributed by atoms with Crippen LogP contribution in [0.1, 0.15) is 44.2 Å². The molecule has 0 unspecified atom stereocenters. The number of ether oxygens (including phenoxy) is 1. The lowest BCUT2D eigenvalue weighted by Gasteiger charge is -2.06. The number of nitrogens with one attached hydrogen (secondary N) is 1. The van der Waals surface area contributed by atoms with E-state index in [1.54, 1.807) is 0 Å². The Bertz CT molecular complexity index is 300. The highest BCUT2D eigenvalue weighted by atomic mass is 35.5. The molecule has 19 heavy (non-hydrogen) atoms. The van der Waals surface area contributed by atoms with E-state index in [0.29, 0.717) is 0 Å². The van der Waals surface area contributed by atoms with Gasteiger partial charge in [0.2, 0.25) is 0 Å². The molecule has 0 bridgehead atoms. The van der Waals surface area contributed by atoms with Crippen molar-refractivity contribution in [3.63, 3.8) is 0 Å². The predicted molar refractivity (Wildman–Crippen MR) is 85.1 cm³/mol. The maximum atomic E-state index is 5.52. The van der Waals surface area contributed by atoms with Crippen molar-refractivity contribution in [2.45, 2.75) is 46.1 Å². The summed E-state index contributed by atoms with van der Waals surface area (Å²) >= 11 is 0. The Kier molecular flexibility index (Phi) is 12.1. The van der Waals surface area contributed by atoms with Crippen LogP contribution in [0.15, 0.2) is 24.3 Å². The van der Waals surface area contributed by atoms with Gasteiger partial charge in [0.15, 0.2) is 0 Å². The molecule has 0 spiro atoms. The molecule has 0 amide bonds. The van der Waals surface area contributed by atoms with E-state index < -0.39 is 0 Å². The average molecular weight is 286 g/mol. The molecule has 0 aliphatic heterocycles. The van der Waals surface area contributed by atoms with Crippen LogP contribution < -0.4 is 5.32 Å². The molecule has 0 saturated heterocycles. The molecule has 1 aromatic rings. The van der Waals surface area contributed by atoms with Gasteiger partial charge >= 0.3 is 0 Å². The number of halogens is 1. The number of benzene rings is 1. The van der Waals surface area contributed by atoms with Crippen molar-refractivity contribution in [1.29, 1.82) is 0 Å². The van der Waals surface area contributed by atoms with Crippen LogP contribution in [0.25, 0.3) is 0 Å². The normalized spacial score (nSPS) is 10.2. The molecule has 0 fully saturated rings. The van der Waals surface area contributed by atoms with E-state index in [1.165, 1.54) is 24.0 Å². The Morgan fingerprint density at radius 2 is 1.58 bits per heavy atom. The zero-order valence-electron chi connectivity index (χ0n) is 12.3. The fraction of sp³-hybridized carbons (Fsp3) is 0.625. The fourth-order valence-corrected chi connectivity index (χ4v) is 1.77. The van der Waals surface area contributed by atoms with Crippen molar-refractivity contribution in [1.82, 2.24) is 5.32 Å². The molecule has 110 valence electrons. The SMILES string of the molecule is CCCCOCCCNCc1ccc(CC)cc1.Cl. The van der Waals surface area contributed by atoms with Gasteiger partial charge in [-0.15, -0.1) is 12.4 Å². The number of rotatable bonds is 10. The lowest BCUT2D eigenvalue weighted by atomic mass is 10.1. The van der Waals surface area contributed by atoms with Crippen molar-refractivity contribution < 1.29 is 4.74 Å². The van der Waals surface area contributed by atoms with Gasteiger partial charge in [0.05, 0.1) is 0 Å². The minimum atomic E-state index is 0. The summed E-state index contributed by atoms with van der Waals surface area (Å²) in [6.07, 6.45) is 4.60. The Morgan fingerprint density at radius 3 is 2.21 bits per heavy atom. The van der Waals surface area contributed by atoms with Crippen LogP contribution in [0.2, 0.25) is 0 Å². The van der Waals surface area contributed by atoms with Gasteiger partial charge in [-0.1, -0.05) is 44.5 Å². The van der Waals surface area contributed by atoms with Gasteiger partial charge in [-0.2, -0.15) is 0 Å². The third-order valence-corrected chi connectivity index (χ3v) is 3.04. The summed E-state index contributed by atoms with van der Waals surface area (Å²) in [5.41, 5.74) is 2.77. The van der Waals surface area contributed by atoms with Crippen molar-refractivity contribution in [3.05, 3.63) is 35.4 Å². The van der Waals surface area contributed by atoms with Crippen molar-refractivity contribution in [2.75, 3.05) is 19.8 Å². The molecule has 0 aromatic heterocycles. The van der Waals surface area contributed by atoms with Gasteiger partial charge in [-0.3, -0.25) is 0 Å². The van der Waals surface area contributed by atoms with Crippen molar-refractivity contribution in [3.8, 4) is 0 Å². The number of hydrogen-bond donors (Lipinski definition) is 1.